The number of hydrogen-bond acceptors (Lipinski definition) is 4. The highest BCUT2D eigenvalue weighted by Crippen LogP contribution is 2.20. The van der Waals surface area contributed by atoms with E-state index in [4.69, 9.17) is 20.4 Å². The van der Waals surface area contributed by atoms with Gasteiger partial charge in [0.2, 0.25) is 0 Å². The molecule has 0 fully saturated rings. The van der Waals surface area contributed by atoms with Crippen molar-refractivity contribution in [2.24, 2.45) is 10.9 Å². The molecular weight excluding hydrogens is 256 g/mol. The standard InChI is InChI=1S/C15H16N2O3/c1-19-12-6-4-7-13(9-12)20-10-11-5-2-3-8-14(11)15(16)17-18/h2-9,18H,10H2,1H3,(H2,16,17). The zero-order chi connectivity index (χ0) is 14.4. The third-order valence-corrected chi connectivity index (χ3v) is 2.84. The molecule has 0 saturated heterocycles. The van der Waals surface area contributed by atoms with Crippen molar-refractivity contribution in [2.45, 2.75) is 6.61 Å². The van der Waals surface area contributed by atoms with Crippen LogP contribution in [0.4, 0.5) is 0 Å². The van der Waals surface area contributed by atoms with Crippen LogP contribution in [0.5, 0.6) is 11.5 Å². The molecule has 2 rings (SSSR count). The molecule has 3 N–H and O–H groups in total. The summed E-state index contributed by atoms with van der Waals surface area (Å²) in [6.07, 6.45) is 0. The van der Waals surface area contributed by atoms with E-state index in [2.05, 4.69) is 5.16 Å². The fourth-order valence-corrected chi connectivity index (χ4v) is 1.80. The zero-order valence-electron chi connectivity index (χ0n) is 11.1. The predicted molar refractivity (Wildman–Crippen MR) is 76.3 cm³/mol. The maximum Gasteiger partial charge on any atom is 0.170 e. The minimum absolute atomic E-state index is 0.0647. The van der Waals surface area contributed by atoms with E-state index < -0.39 is 0 Å². The summed E-state index contributed by atoms with van der Waals surface area (Å²) in [6.45, 7) is 0.319. The molecular formula is C15H16N2O3. The minimum atomic E-state index is 0.0647. The summed E-state index contributed by atoms with van der Waals surface area (Å²) in [7, 11) is 1.60. The van der Waals surface area contributed by atoms with Gasteiger partial charge in [0.05, 0.1) is 7.11 Å². The Morgan fingerprint density at radius 2 is 1.90 bits per heavy atom. The van der Waals surface area contributed by atoms with E-state index in [0.29, 0.717) is 17.9 Å². The summed E-state index contributed by atoms with van der Waals surface area (Å²) in [4.78, 5) is 0. The molecule has 0 heterocycles. The Hall–Kier alpha value is -2.69. The molecule has 0 radical (unpaired) electrons. The highest BCUT2D eigenvalue weighted by Gasteiger charge is 2.07. The summed E-state index contributed by atoms with van der Waals surface area (Å²) in [6, 6.07) is 14.7. The molecule has 0 aliphatic rings. The SMILES string of the molecule is COc1cccc(OCc2ccccc2/C(N)=N/O)c1. The molecule has 0 atom stereocenters. The van der Waals surface area contributed by atoms with Crippen molar-refractivity contribution >= 4 is 5.84 Å². The normalized spacial score (nSPS) is 11.2. The summed E-state index contributed by atoms with van der Waals surface area (Å²) in [5.74, 6) is 1.49. The first kappa shape index (κ1) is 13.7. The lowest BCUT2D eigenvalue weighted by molar-refractivity contribution is 0.302. The number of hydrogen-bond donors (Lipinski definition) is 2. The highest BCUT2D eigenvalue weighted by atomic mass is 16.5. The number of nitrogens with two attached hydrogens (primary N) is 1. The van der Waals surface area contributed by atoms with Crippen LogP contribution < -0.4 is 15.2 Å². The average Bonchev–Trinajstić information content (AvgIpc) is 2.52. The van der Waals surface area contributed by atoms with Crippen LogP contribution in [0.2, 0.25) is 0 Å². The number of benzene rings is 2. The molecule has 0 bridgehead atoms. The molecule has 5 heteroatoms. The van der Waals surface area contributed by atoms with Gasteiger partial charge in [-0.2, -0.15) is 0 Å². The fraction of sp³-hybridized carbons (Fsp3) is 0.133. The third-order valence-electron chi connectivity index (χ3n) is 2.84. The van der Waals surface area contributed by atoms with Gasteiger partial charge in [0, 0.05) is 17.2 Å². The van der Waals surface area contributed by atoms with Crippen LogP contribution in [0, 0.1) is 0 Å². The Bertz CT molecular complexity index is 612. The van der Waals surface area contributed by atoms with Gasteiger partial charge in [0.25, 0.3) is 0 Å². The van der Waals surface area contributed by atoms with Crippen LogP contribution in [0.1, 0.15) is 11.1 Å². The van der Waals surface area contributed by atoms with Crippen LogP contribution in [0.25, 0.3) is 0 Å². The molecule has 0 unspecified atom stereocenters. The van der Waals surface area contributed by atoms with Crippen LogP contribution in [0.3, 0.4) is 0 Å². The average molecular weight is 272 g/mol. The van der Waals surface area contributed by atoms with Gasteiger partial charge in [-0.05, 0) is 12.1 Å². The second-order valence-electron chi connectivity index (χ2n) is 4.11. The molecule has 0 amide bonds. The predicted octanol–water partition coefficient (Wildman–Crippen LogP) is 2.37. The molecule has 5 nitrogen and oxygen atoms in total. The Labute approximate surface area is 117 Å². The van der Waals surface area contributed by atoms with Crippen molar-refractivity contribution in [3.63, 3.8) is 0 Å². The van der Waals surface area contributed by atoms with Gasteiger partial charge in [-0.3, -0.25) is 0 Å². The number of nitrogens with zero attached hydrogens (tertiary/aromatic N) is 1. The summed E-state index contributed by atoms with van der Waals surface area (Å²) < 4.78 is 10.8. The maximum absolute atomic E-state index is 8.77. The Morgan fingerprint density at radius 3 is 2.65 bits per heavy atom. The van der Waals surface area contributed by atoms with Crippen molar-refractivity contribution in [3.05, 3.63) is 59.7 Å². The van der Waals surface area contributed by atoms with E-state index >= 15 is 0 Å². The lowest BCUT2D eigenvalue weighted by atomic mass is 10.1. The van der Waals surface area contributed by atoms with Crippen molar-refractivity contribution < 1.29 is 14.7 Å². The van der Waals surface area contributed by atoms with Gasteiger partial charge >= 0.3 is 0 Å². The molecule has 2 aromatic carbocycles. The van der Waals surface area contributed by atoms with E-state index in [1.54, 1.807) is 19.2 Å². The fourth-order valence-electron chi connectivity index (χ4n) is 1.80. The Morgan fingerprint density at radius 1 is 1.15 bits per heavy atom. The van der Waals surface area contributed by atoms with Gasteiger partial charge in [-0.15, -0.1) is 0 Å². The minimum Gasteiger partial charge on any atom is -0.497 e. The lowest BCUT2D eigenvalue weighted by Gasteiger charge is -2.10. The van der Waals surface area contributed by atoms with Crippen molar-refractivity contribution in [1.82, 2.24) is 0 Å². The number of methoxy groups -OCH3 is 1. The second kappa shape index (κ2) is 6.47. The van der Waals surface area contributed by atoms with Gasteiger partial charge < -0.3 is 20.4 Å². The molecule has 0 aromatic heterocycles. The summed E-state index contributed by atoms with van der Waals surface area (Å²) in [5, 5.41) is 11.8. The van der Waals surface area contributed by atoms with Crippen molar-refractivity contribution in [1.29, 1.82) is 0 Å². The highest BCUT2D eigenvalue weighted by molar-refractivity contribution is 5.98. The number of ether oxygens (including phenoxy) is 2. The number of oxime groups is 1. The van der Waals surface area contributed by atoms with Crippen molar-refractivity contribution in [2.75, 3.05) is 7.11 Å². The molecule has 0 spiro atoms. The van der Waals surface area contributed by atoms with E-state index in [1.807, 2.05) is 36.4 Å². The first-order valence-corrected chi connectivity index (χ1v) is 6.07. The van der Waals surface area contributed by atoms with Gasteiger partial charge in [-0.1, -0.05) is 35.5 Å². The first-order valence-electron chi connectivity index (χ1n) is 6.07. The van der Waals surface area contributed by atoms with Crippen LogP contribution in [-0.2, 0) is 6.61 Å². The van der Waals surface area contributed by atoms with Crippen LogP contribution in [-0.4, -0.2) is 18.2 Å². The molecule has 0 aliphatic carbocycles. The largest absolute Gasteiger partial charge is 0.497 e. The monoisotopic (exact) mass is 272 g/mol. The van der Waals surface area contributed by atoms with E-state index in [-0.39, 0.29) is 5.84 Å². The number of rotatable bonds is 5. The molecule has 2 aromatic rings. The van der Waals surface area contributed by atoms with E-state index in [1.165, 1.54) is 0 Å². The van der Waals surface area contributed by atoms with Crippen LogP contribution in [0.15, 0.2) is 53.7 Å². The second-order valence-corrected chi connectivity index (χ2v) is 4.11. The Balaban J connectivity index is 2.14. The molecule has 0 saturated carbocycles. The summed E-state index contributed by atoms with van der Waals surface area (Å²) >= 11 is 0. The molecule has 0 aliphatic heterocycles. The van der Waals surface area contributed by atoms with Gasteiger partial charge in [0.1, 0.15) is 18.1 Å². The lowest BCUT2D eigenvalue weighted by Crippen LogP contribution is -2.16. The smallest absolute Gasteiger partial charge is 0.170 e. The van der Waals surface area contributed by atoms with Gasteiger partial charge in [-0.25, -0.2) is 0 Å². The van der Waals surface area contributed by atoms with Gasteiger partial charge in [0.15, 0.2) is 5.84 Å². The topological polar surface area (TPSA) is 77.1 Å². The number of amidine groups is 1. The van der Waals surface area contributed by atoms with Crippen LogP contribution >= 0.6 is 0 Å². The Kier molecular flexibility index (Phi) is 4.44. The van der Waals surface area contributed by atoms with E-state index in [9.17, 15) is 0 Å². The summed E-state index contributed by atoms with van der Waals surface area (Å²) in [5.41, 5.74) is 7.12. The molecule has 20 heavy (non-hydrogen) atoms. The quantitative estimate of drug-likeness (QED) is 0.379. The van der Waals surface area contributed by atoms with Crippen molar-refractivity contribution in [3.8, 4) is 11.5 Å². The maximum atomic E-state index is 8.77. The van der Waals surface area contributed by atoms with E-state index in [0.717, 1.165) is 11.3 Å². The first-order chi connectivity index (χ1) is 9.74. The zero-order valence-corrected chi connectivity index (χ0v) is 11.1. The molecule has 104 valence electrons. The third kappa shape index (κ3) is 3.20.